The molecular formula is C14H19Cl2NO4. The molecule has 0 saturated heterocycles. The summed E-state index contributed by atoms with van der Waals surface area (Å²) >= 11 is 11.7. The van der Waals surface area contributed by atoms with Crippen LogP contribution in [0.4, 0.5) is 0 Å². The second kappa shape index (κ2) is 7.61. The van der Waals surface area contributed by atoms with Crippen molar-refractivity contribution in [2.24, 2.45) is 0 Å². The Bertz CT molecular complexity index is 479. The number of alkyl halides is 2. The van der Waals surface area contributed by atoms with Gasteiger partial charge in [-0.2, -0.15) is 0 Å². The molecule has 0 bridgehead atoms. The summed E-state index contributed by atoms with van der Waals surface area (Å²) < 4.78 is 15.6. The van der Waals surface area contributed by atoms with E-state index in [-0.39, 0.29) is 17.7 Å². The van der Waals surface area contributed by atoms with Crippen LogP contribution in [0.1, 0.15) is 17.3 Å². The van der Waals surface area contributed by atoms with Crippen LogP contribution >= 0.6 is 23.2 Å². The van der Waals surface area contributed by atoms with Crippen LogP contribution in [0.25, 0.3) is 0 Å². The van der Waals surface area contributed by atoms with E-state index in [9.17, 15) is 4.79 Å². The normalized spacial score (nSPS) is 11.0. The molecular weight excluding hydrogens is 317 g/mol. The van der Waals surface area contributed by atoms with E-state index in [4.69, 9.17) is 37.4 Å². The maximum Gasteiger partial charge on any atom is 0.252 e. The van der Waals surface area contributed by atoms with Crippen LogP contribution in [0.15, 0.2) is 12.1 Å². The van der Waals surface area contributed by atoms with Crippen LogP contribution in [0, 0.1) is 0 Å². The molecule has 0 aromatic heterocycles. The molecule has 1 rings (SSSR count). The number of ether oxygens (including phenoxy) is 3. The van der Waals surface area contributed by atoms with Crippen LogP contribution < -0.4 is 19.5 Å². The van der Waals surface area contributed by atoms with Crippen molar-refractivity contribution in [1.29, 1.82) is 0 Å². The Morgan fingerprint density at radius 3 is 1.90 bits per heavy atom. The lowest BCUT2D eigenvalue weighted by Crippen LogP contribution is -2.49. The van der Waals surface area contributed by atoms with Gasteiger partial charge in [-0.1, -0.05) is 0 Å². The smallest absolute Gasteiger partial charge is 0.252 e. The molecule has 0 aliphatic heterocycles. The molecule has 0 heterocycles. The molecule has 7 heteroatoms. The van der Waals surface area contributed by atoms with E-state index in [1.54, 1.807) is 19.1 Å². The van der Waals surface area contributed by atoms with Crippen molar-refractivity contribution >= 4 is 29.1 Å². The van der Waals surface area contributed by atoms with Gasteiger partial charge in [-0.05, 0) is 19.1 Å². The van der Waals surface area contributed by atoms with Gasteiger partial charge in [-0.15, -0.1) is 23.2 Å². The second-order valence-corrected chi connectivity index (χ2v) is 5.23. The average Bonchev–Trinajstić information content (AvgIpc) is 2.52. The van der Waals surface area contributed by atoms with Crippen LogP contribution in [0.2, 0.25) is 0 Å². The predicted molar refractivity (Wildman–Crippen MR) is 83.4 cm³/mol. The summed E-state index contributed by atoms with van der Waals surface area (Å²) in [4.78, 5) is 12.3. The van der Waals surface area contributed by atoms with Gasteiger partial charge in [0.2, 0.25) is 5.75 Å². The molecule has 0 saturated carbocycles. The van der Waals surface area contributed by atoms with E-state index in [2.05, 4.69) is 5.32 Å². The number of amides is 1. The zero-order valence-corrected chi connectivity index (χ0v) is 14.0. The van der Waals surface area contributed by atoms with Crippen molar-refractivity contribution in [3.05, 3.63) is 17.7 Å². The predicted octanol–water partition coefficient (Wildman–Crippen LogP) is 2.68. The Morgan fingerprint density at radius 1 is 1.10 bits per heavy atom. The molecule has 0 unspecified atom stereocenters. The fourth-order valence-electron chi connectivity index (χ4n) is 1.66. The van der Waals surface area contributed by atoms with Crippen LogP contribution in [0.5, 0.6) is 17.2 Å². The Hall–Kier alpha value is -1.33. The van der Waals surface area contributed by atoms with Crippen molar-refractivity contribution < 1.29 is 19.0 Å². The molecule has 1 N–H and O–H groups in total. The van der Waals surface area contributed by atoms with Crippen molar-refractivity contribution in [2.45, 2.75) is 12.5 Å². The molecule has 21 heavy (non-hydrogen) atoms. The van der Waals surface area contributed by atoms with Crippen molar-refractivity contribution in [1.82, 2.24) is 5.32 Å². The highest BCUT2D eigenvalue weighted by Crippen LogP contribution is 2.38. The monoisotopic (exact) mass is 335 g/mol. The van der Waals surface area contributed by atoms with E-state index < -0.39 is 5.54 Å². The minimum atomic E-state index is -0.694. The number of benzene rings is 1. The highest BCUT2D eigenvalue weighted by atomic mass is 35.5. The summed E-state index contributed by atoms with van der Waals surface area (Å²) in [5, 5.41) is 2.79. The van der Waals surface area contributed by atoms with E-state index >= 15 is 0 Å². The first-order valence-corrected chi connectivity index (χ1v) is 7.26. The van der Waals surface area contributed by atoms with Crippen LogP contribution in [0.3, 0.4) is 0 Å². The van der Waals surface area contributed by atoms with E-state index in [0.717, 1.165) is 0 Å². The number of nitrogens with one attached hydrogen (secondary N) is 1. The molecule has 1 amide bonds. The van der Waals surface area contributed by atoms with Crippen LogP contribution in [-0.4, -0.2) is 44.5 Å². The Kier molecular flexibility index (Phi) is 6.42. The summed E-state index contributed by atoms with van der Waals surface area (Å²) in [6.45, 7) is 1.77. The van der Waals surface area contributed by atoms with E-state index in [0.29, 0.717) is 22.8 Å². The number of carbonyl (C=O) groups excluding carboxylic acids is 1. The highest BCUT2D eigenvalue weighted by Gasteiger charge is 2.26. The number of methoxy groups -OCH3 is 3. The largest absolute Gasteiger partial charge is 0.493 e. The Labute approximate surface area is 134 Å². The zero-order chi connectivity index (χ0) is 16.0. The summed E-state index contributed by atoms with van der Waals surface area (Å²) in [7, 11) is 4.47. The SMILES string of the molecule is COc1cc(C(=O)NC(C)(CCl)CCl)cc(OC)c1OC. The van der Waals surface area contributed by atoms with Gasteiger partial charge in [-0.3, -0.25) is 4.79 Å². The van der Waals surface area contributed by atoms with Crippen molar-refractivity contribution in [3.63, 3.8) is 0 Å². The topological polar surface area (TPSA) is 56.8 Å². The Morgan fingerprint density at radius 2 is 1.57 bits per heavy atom. The third-order valence-corrected chi connectivity index (χ3v) is 4.11. The lowest BCUT2D eigenvalue weighted by Gasteiger charge is -2.26. The quantitative estimate of drug-likeness (QED) is 0.778. The standard InChI is InChI=1S/C14H19Cl2NO4/c1-14(7-15,8-16)17-13(18)9-5-10(19-2)12(21-4)11(6-9)20-3/h5-6H,7-8H2,1-4H3,(H,17,18). The molecule has 0 radical (unpaired) electrons. The number of hydrogen-bond donors (Lipinski definition) is 1. The highest BCUT2D eigenvalue weighted by molar-refractivity contribution is 6.22. The molecule has 0 atom stereocenters. The van der Waals surface area contributed by atoms with Gasteiger partial charge >= 0.3 is 0 Å². The van der Waals surface area contributed by atoms with Crippen molar-refractivity contribution in [2.75, 3.05) is 33.1 Å². The third-order valence-electron chi connectivity index (χ3n) is 2.93. The minimum Gasteiger partial charge on any atom is -0.493 e. The van der Waals surface area contributed by atoms with Gasteiger partial charge in [-0.25, -0.2) is 0 Å². The minimum absolute atomic E-state index is 0.201. The lowest BCUT2D eigenvalue weighted by molar-refractivity contribution is 0.0920. The molecule has 1 aromatic carbocycles. The molecule has 118 valence electrons. The third kappa shape index (κ3) is 4.08. The maximum atomic E-state index is 12.3. The lowest BCUT2D eigenvalue weighted by atomic mass is 10.1. The molecule has 0 spiro atoms. The van der Waals surface area contributed by atoms with Crippen molar-refractivity contribution in [3.8, 4) is 17.2 Å². The first kappa shape index (κ1) is 17.7. The fourth-order valence-corrected chi connectivity index (χ4v) is 2.08. The number of hydrogen-bond acceptors (Lipinski definition) is 4. The van der Waals surface area contributed by atoms with Gasteiger partial charge in [0, 0.05) is 17.3 Å². The first-order chi connectivity index (χ1) is 9.94. The van der Waals surface area contributed by atoms with Crippen LogP contribution in [-0.2, 0) is 0 Å². The van der Waals surface area contributed by atoms with Gasteiger partial charge < -0.3 is 19.5 Å². The van der Waals surface area contributed by atoms with E-state index in [1.807, 2.05) is 0 Å². The van der Waals surface area contributed by atoms with Gasteiger partial charge in [0.25, 0.3) is 5.91 Å². The number of halogens is 2. The fraction of sp³-hybridized carbons (Fsp3) is 0.500. The zero-order valence-electron chi connectivity index (χ0n) is 12.5. The molecule has 5 nitrogen and oxygen atoms in total. The first-order valence-electron chi connectivity index (χ1n) is 6.19. The van der Waals surface area contributed by atoms with E-state index in [1.165, 1.54) is 21.3 Å². The number of carbonyl (C=O) groups is 1. The molecule has 0 aliphatic carbocycles. The summed E-state index contributed by atoms with van der Waals surface area (Å²) in [6.07, 6.45) is 0. The number of rotatable bonds is 7. The van der Waals surface area contributed by atoms with Gasteiger partial charge in [0.1, 0.15) is 0 Å². The summed E-state index contributed by atoms with van der Waals surface area (Å²) in [5.74, 6) is 1.31. The molecule has 1 aromatic rings. The van der Waals surface area contributed by atoms with Gasteiger partial charge in [0.05, 0.1) is 26.9 Å². The second-order valence-electron chi connectivity index (χ2n) is 4.70. The summed E-state index contributed by atoms with van der Waals surface area (Å²) in [6, 6.07) is 3.14. The molecule has 0 fully saturated rings. The van der Waals surface area contributed by atoms with Gasteiger partial charge in [0.15, 0.2) is 11.5 Å². The molecule has 0 aliphatic rings. The summed E-state index contributed by atoms with van der Waals surface area (Å²) in [5.41, 5.74) is -0.327. The average molecular weight is 336 g/mol. The Balaban J connectivity index is 3.16. The maximum absolute atomic E-state index is 12.3.